The molecule has 5 nitrogen and oxygen atoms in total. The summed E-state index contributed by atoms with van der Waals surface area (Å²) in [6.07, 6.45) is -1.47. The van der Waals surface area contributed by atoms with Crippen LogP contribution < -0.4 is 4.90 Å². The number of hydrogen-bond acceptors (Lipinski definition) is 5. The van der Waals surface area contributed by atoms with Gasteiger partial charge in [-0.3, -0.25) is 4.79 Å². The molecule has 2 aromatic carbocycles. The van der Waals surface area contributed by atoms with E-state index in [-0.39, 0.29) is 22.6 Å². The zero-order valence-electron chi connectivity index (χ0n) is 22.8. The number of amides is 1. The number of benzene rings is 2. The van der Waals surface area contributed by atoms with Crippen LogP contribution in [0.4, 0.5) is 19.0 Å². The quantitative estimate of drug-likeness (QED) is 0.287. The summed E-state index contributed by atoms with van der Waals surface area (Å²) in [6.45, 7) is 10.6. The molecule has 1 atom stereocenters. The molecule has 1 aliphatic heterocycles. The van der Waals surface area contributed by atoms with Crippen LogP contribution in [0.2, 0.25) is 0 Å². The maximum atomic E-state index is 14.2. The van der Waals surface area contributed by atoms with Crippen LogP contribution in [-0.4, -0.2) is 47.0 Å². The maximum absolute atomic E-state index is 14.2. The highest BCUT2D eigenvalue weighted by molar-refractivity contribution is 7.99. The minimum absolute atomic E-state index is 0.126. The van der Waals surface area contributed by atoms with Gasteiger partial charge in [0.1, 0.15) is 12.1 Å². The van der Waals surface area contributed by atoms with Gasteiger partial charge < -0.3 is 9.80 Å². The number of nitrogens with zero attached hydrogens (tertiary/aromatic N) is 4. The molecule has 0 N–H and O–H groups in total. The van der Waals surface area contributed by atoms with Gasteiger partial charge in [0.15, 0.2) is 0 Å². The molecular weight excluding hydrogens is 521 g/mol. The molecule has 3 aromatic rings. The minimum atomic E-state index is -4.52. The van der Waals surface area contributed by atoms with E-state index in [1.807, 2.05) is 61.8 Å². The number of alkyl halides is 3. The van der Waals surface area contributed by atoms with E-state index in [2.05, 4.69) is 9.97 Å². The van der Waals surface area contributed by atoms with Crippen LogP contribution in [0, 0.1) is 5.92 Å². The largest absolute Gasteiger partial charge is 0.417 e. The molecule has 9 heteroatoms. The van der Waals surface area contributed by atoms with Gasteiger partial charge in [-0.15, -0.1) is 0 Å². The molecule has 0 spiro atoms. The number of aromatic nitrogens is 2. The lowest BCUT2D eigenvalue weighted by molar-refractivity contribution is -0.139. The highest BCUT2D eigenvalue weighted by Crippen LogP contribution is 2.43. The summed E-state index contributed by atoms with van der Waals surface area (Å²) in [4.78, 5) is 26.5. The SMILES string of the molecule is CCN(CC)C(=O)[C@H]1CCCN(c2cc(-c3ccc(Sc4ccccc4C(C)C)c(C(F)(F)F)c3)ncn2)C1. The van der Waals surface area contributed by atoms with E-state index in [9.17, 15) is 18.0 Å². The van der Waals surface area contributed by atoms with E-state index in [1.54, 1.807) is 12.1 Å². The number of halogens is 3. The van der Waals surface area contributed by atoms with E-state index in [4.69, 9.17) is 0 Å². The molecule has 0 bridgehead atoms. The van der Waals surface area contributed by atoms with Gasteiger partial charge in [0.2, 0.25) is 5.91 Å². The molecule has 1 amide bonds. The van der Waals surface area contributed by atoms with Gasteiger partial charge in [-0.25, -0.2) is 9.97 Å². The Kier molecular flexibility index (Phi) is 9.20. The fourth-order valence-corrected chi connectivity index (χ4v) is 6.25. The van der Waals surface area contributed by atoms with Crippen LogP contribution in [0.1, 0.15) is 57.6 Å². The summed E-state index contributed by atoms with van der Waals surface area (Å²) >= 11 is 1.14. The topological polar surface area (TPSA) is 49.3 Å². The summed E-state index contributed by atoms with van der Waals surface area (Å²) in [5.74, 6) is 0.827. The number of piperidine rings is 1. The first-order chi connectivity index (χ1) is 18.6. The normalized spacial score (nSPS) is 16.0. The van der Waals surface area contributed by atoms with Crippen molar-refractivity contribution in [2.45, 2.75) is 62.4 Å². The lowest BCUT2D eigenvalue weighted by Gasteiger charge is -2.35. The standard InChI is InChI=1S/C30H35F3N4OS/c1-5-36(6-2)29(38)22-10-9-15-37(18-22)28-17-25(34-19-35-28)21-13-14-27(24(16-21)30(31,32)33)39-26-12-8-7-11-23(26)20(3)4/h7-8,11-14,16-17,19-20,22H,5-6,9-10,15,18H2,1-4H3/t22-/m0/s1. The third-order valence-corrected chi connectivity index (χ3v) is 8.33. The minimum Gasteiger partial charge on any atom is -0.356 e. The maximum Gasteiger partial charge on any atom is 0.417 e. The summed E-state index contributed by atoms with van der Waals surface area (Å²) in [5.41, 5.74) is 1.12. The molecule has 208 valence electrons. The van der Waals surface area contributed by atoms with Crippen molar-refractivity contribution in [3.05, 3.63) is 66.0 Å². The zero-order chi connectivity index (χ0) is 28.2. The van der Waals surface area contributed by atoms with Crippen molar-refractivity contribution in [3.63, 3.8) is 0 Å². The van der Waals surface area contributed by atoms with Crippen molar-refractivity contribution in [2.24, 2.45) is 5.92 Å². The third kappa shape index (κ3) is 6.75. The van der Waals surface area contributed by atoms with Gasteiger partial charge in [-0.2, -0.15) is 13.2 Å². The fraction of sp³-hybridized carbons (Fsp3) is 0.433. The van der Waals surface area contributed by atoms with E-state index in [1.165, 1.54) is 18.5 Å². The summed E-state index contributed by atoms with van der Waals surface area (Å²) in [7, 11) is 0. The van der Waals surface area contributed by atoms with Crippen molar-refractivity contribution < 1.29 is 18.0 Å². The zero-order valence-corrected chi connectivity index (χ0v) is 23.6. The Hall–Kier alpha value is -3.07. The molecule has 39 heavy (non-hydrogen) atoms. The number of carbonyl (C=O) groups is 1. The smallest absolute Gasteiger partial charge is 0.356 e. The first kappa shape index (κ1) is 28.9. The molecule has 0 aliphatic carbocycles. The van der Waals surface area contributed by atoms with Gasteiger partial charge >= 0.3 is 6.18 Å². The van der Waals surface area contributed by atoms with Gasteiger partial charge in [-0.05, 0) is 56.4 Å². The second-order valence-corrected chi connectivity index (χ2v) is 11.1. The van der Waals surface area contributed by atoms with Crippen molar-refractivity contribution >= 4 is 23.5 Å². The fourth-order valence-electron chi connectivity index (χ4n) is 5.03. The summed E-state index contributed by atoms with van der Waals surface area (Å²) in [6, 6.07) is 13.7. The van der Waals surface area contributed by atoms with Crippen LogP contribution in [0.15, 0.2) is 64.6 Å². The second-order valence-electron chi connectivity index (χ2n) is 10.1. The van der Waals surface area contributed by atoms with Gasteiger partial charge in [-0.1, -0.05) is 49.9 Å². The molecule has 0 unspecified atom stereocenters. The molecular formula is C30H35F3N4OS. The van der Waals surface area contributed by atoms with Crippen molar-refractivity contribution in [3.8, 4) is 11.3 Å². The molecule has 0 saturated carbocycles. The number of hydrogen-bond donors (Lipinski definition) is 0. The van der Waals surface area contributed by atoms with Crippen LogP contribution in [0.25, 0.3) is 11.3 Å². The molecule has 1 fully saturated rings. The monoisotopic (exact) mass is 556 g/mol. The molecule has 0 radical (unpaired) electrons. The summed E-state index contributed by atoms with van der Waals surface area (Å²) in [5, 5.41) is 0. The lowest BCUT2D eigenvalue weighted by atomic mass is 9.96. The second kappa shape index (κ2) is 12.4. The molecule has 1 saturated heterocycles. The third-order valence-electron chi connectivity index (χ3n) is 7.16. The van der Waals surface area contributed by atoms with Crippen molar-refractivity contribution in [1.29, 1.82) is 0 Å². The predicted octanol–water partition coefficient (Wildman–Crippen LogP) is 7.52. The van der Waals surface area contributed by atoms with Crippen LogP contribution in [0.3, 0.4) is 0 Å². The van der Waals surface area contributed by atoms with E-state index in [0.717, 1.165) is 41.6 Å². The molecule has 1 aliphatic rings. The average Bonchev–Trinajstić information content (AvgIpc) is 2.93. The number of carbonyl (C=O) groups excluding carboxylic acids is 1. The Bertz CT molecular complexity index is 1290. The highest BCUT2D eigenvalue weighted by Gasteiger charge is 2.35. The molecule has 1 aromatic heterocycles. The van der Waals surface area contributed by atoms with E-state index < -0.39 is 11.7 Å². The van der Waals surface area contributed by atoms with Gasteiger partial charge in [0, 0.05) is 47.6 Å². The average molecular weight is 557 g/mol. The first-order valence-electron chi connectivity index (χ1n) is 13.5. The molecule has 2 heterocycles. The Morgan fingerprint density at radius 1 is 1.08 bits per heavy atom. The van der Waals surface area contributed by atoms with E-state index >= 15 is 0 Å². The van der Waals surface area contributed by atoms with Crippen molar-refractivity contribution in [1.82, 2.24) is 14.9 Å². The predicted molar refractivity (Wildman–Crippen MR) is 150 cm³/mol. The number of rotatable bonds is 8. The Labute approximate surface area is 232 Å². The Morgan fingerprint density at radius 2 is 1.82 bits per heavy atom. The van der Waals surface area contributed by atoms with Gasteiger partial charge in [0.25, 0.3) is 0 Å². The Morgan fingerprint density at radius 3 is 2.51 bits per heavy atom. The first-order valence-corrected chi connectivity index (χ1v) is 14.3. The van der Waals surface area contributed by atoms with E-state index in [0.29, 0.717) is 36.7 Å². The number of anilines is 1. The highest BCUT2D eigenvalue weighted by atomic mass is 32.2. The molecule has 4 rings (SSSR count). The Balaban J connectivity index is 1.62. The lowest BCUT2D eigenvalue weighted by Crippen LogP contribution is -2.45. The van der Waals surface area contributed by atoms with Crippen molar-refractivity contribution in [2.75, 3.05) is 31.1 Å². The van der Waals surface area contributed by atoms with Crippen LogP contribution in [0.5, 0.6) is 0 Å². The van der Waals surface area contributed by atoms with Crippen LogP contribution in [-0.2, 0) is 11.0 Å². The van der Waals surface area contributed by atoms with Gasteiger partial charge in [0.05, 0.1) is 17.2 Å². The van der Waals surface area contributed by atoms with Crippen LogP contribution >= 0.6 is 11.8 Å². The summed E-state index contributed by atoms with van der Waals surface area (Å²) < 4.78 is 42.7.